The van der Waals surface area contributed by atoms with Crippen LogP contribution in [0.15, 0.2) is 85.0 Å². The van der Waals surface area contributed by atoms with E-state index in [0.29, 0.717) is 41.2 Å². The van der Waals surface area contributed by atoms with E-state index in [1.165, 1.54) is 7.11 Å². The Balaban J connectivity index is 1.81. The van der Waals surface area contributed by atoms with E-state index in [4.69, 9.17) is 9.47 Å². The maximum Gasteiger partial charge on any atom is 0.338 e. The number of methoxy groups -OCH3 is 1. The van der Waals surface area contributed by atoms with Crippen LogP contribution in [-0.4, -0.2) is 37.2 Å². The number of anilines is 1. The summed E-state index contributed by atoms with van der Waals surface area (Å²) in [5.74, 6) is 0.000926. The third-order valence-corrected chi connectivity index (χ3v) is 6.19. The van der Waals surface area contributed by atoms with Crippen LogP contribution in [0, 0.1) is 13.0 Å². The molecular weight excluding hydrogens is 490 g/mol. The van der Waals surface area contributed by atoms with Crippen molar-refractivity contribution in [3.63, 3.8) is 0 Å². The summed E-state index contributed by atoms with van der Waals surface area (Å²) in [6.45, 7) is 7.96. The molecule has 3 rings (SSSR count). The highest BCUT2D eigenvalue weighted by molar-refractivity contribution is 6.06. The molecule has 0 spiro atoms. The molecule has 200 valence electrons. The number of nitrogens with zero attached hydrogens (tertiary/aromatic N) is 2. The van der Waals surface area contributed by atoms with Gasteiger partial charge in [-0.05, 0) is 67.4 Å². The number of ether oxygens (including phenoxy) is 2. The van der Waals surface area contributed by atoms with Crippen molar-refractivity contribution >= 4 is 17.6 Å². The van der Waals surface area contributed by atoms with Crippen LogP contribution in [0.3, 0.4) is 0 Å². The molecule has 39 heavy (non-hydrogen) atoms. The van der Waals surface area contributed by atoms with Crippen molar-refractivity contribution in [3.05, 3.63) is 112 Å². The van der Waals surface area contributed by atoms with Crippen molar-refractivity contribution in [2.24, 2.45) is 7.05 Å². The van der Waals surface area contributed by atoms with E-state index < -0.39 is 5.97 Å². The Morgan fingerprint density at radius 2 is 1.85 bits per heavy atom. The molecule has 3 aromatic rings. The minimum Gasteiger partial charge on any atom is -0.489 e. The zero-order valence-electron chi connectivity index (χ0n) is 23.1. The second-order valence-corrected chi connectivity index (χ2v) is 8.92. The van der Waals surface area contributed by atoms with Crippen molar-refractivity contribution in [3.8, 4) is 23.1 Å². The SMILES string of the molecule is C=C/C=C\C=C(/C)COc1ccc(NC(=O)c2cc(-c3cc(CC#[N+]C)ccc3C(=O)OC)n(C)c2C)cc1. The Labute approximate surface area is 229 Å². The summed E-state index contributed by atoms with van der Waals surface area (Å²) in [6.07, 6.45) is 7.96. The Hall–Kier alpha value is -4.83. The van der Waals surface area contributed by atoms with Gasteiger partial charge in [0.2, 0.25) is 0 Å². The molecule has 0 aliphatic rings. The summed E-state index contributed by atoms with van der Waals surface area (Å²) in [7, 11) is 4.88. The third-order valence-electron chi connectivity index (χ3n) is 6.19. The molecule has 0 saturated heterocycles. The molecular formula is C32H34N3O4+. The van der Waals surface area contributed by atoms with E-state index in [1.54, 1.807) is 37.4 Å². The first-order valence-corrected chi connectivity index (χ1v) is 12.5. The minimum atomic E-state index is -0.448. The van der Waals surface area contributed by atoms with Gasteiger partial charge in [-0.15, -0.1) is 0 Å². The molecule has 2 aromatic carbocycles. The lowest BCUT2D eigenvalue weighted by molar-refractivity contribution is 0.0601. The molecule has 0 saturated carbocycles. The van der Waals surface area contributed by atoms with Gasteiger partial charge in [0.05, 0.1) is 18.2 Å². The number of carbonyl (C=O) groups excluding carboxylic acids is 2. The number of rotatable bonds is 10. The zero-order valence-corrected chi connectivity index (χ0v) is 23.1. The van der Waals surface area contributed by atoms with Crippen molar-refractivity contribution in [1.82, 2.24) is 4.57 Å². The van der Waals surface area contributed by atoms with Crippen LogP contribution in [0.25, 0.3) is 16.1 Å². The summed E-state index contributed by atoms with van der Waals surface area (Å²) < 4.78 is 12.7. The third kappa shape index (κ3) is 7.36. The van der Waals surface area contributed by atoms with E-state index in [2.05, 4.69) is 22.8 Å². The van der Waals surface area contributed by atoms with Gasteiger partial charge < -0.3 is 19.4 Å². The molecule has 0 atom stereocenters. The summed E-state index contributed by atoms with van der Waals surface area (Å²) in [5.41, 5.74) is 5.73. The second kappa shape index (κ2) is 13.6. The lowest BCUT2D eigenvalue weighted by atomic mass is 9.99. The highest BCUT2D eigenvalue weighted by Gasteiger charge is 2.21. The second-order valence-electron chi connectivity index (χ2n) is 8.92. The van der Waals surface area contributed by atoms with E-state index in [0.717, 1.165) is 22.5 Å². The normalized spacial score (nSPS) is 11.1. The molecule has 0 bridgehead atoms. The number of benzene rings is 2. The van der Waals surface area contributed by atoms with Gasteiger partial charge in [0.15, 0.2) is 0 Å². The quantitative estimate of drug-likeness (QED) is 0.239. The highest BCUT2D eigenvalue weighted by atomic mass is 16.5. The summed E-state index contributed by atoms with van der Waals surface area (Å²) in [4.78, 5) is 29.7. The lowest BCUT2D eigenvalue weighted by Gasteiger charge is -2.11. The molecule has 0 aliphatic heterocycles. The number of allylic oxidation sites excluding steroid dienone is 4. The van der Waals surface area contributed by atoms with Crippen molar-refractivity contribution in [2.45, 2.75) is 20.3 Å². The number of hydrogen-bond acceptors (Lipinski definition) is 4. The number of carbonyl (C=O) groups is 2. The summed E-state index contributed by atoms with van der Waals surface area (Å²) >= 11 is 0. The first kappa shape index (κ1) is 28.7. The molecule has 0 aliphatic carbocycles. The Bertz CT molecular complexity index is 1480. The van der Waals surface area contributed by atoms with E-state index in [-0.39, 0.29) is 5.91 Å². The molecule has 1 N–H and O–H groups in total. The maximum absolute atomic E-state index is 13.2. The Kier molecular flexibility index (Phi) is 10.0. The molecule has 0 unspecified atom stereocenters. The van der Waals surface area contributed by atoms with Gasteiger partial charge in [0, 0.05) is 29.7 Å². The first-order chi connectivity index (χ1) is 18.8. The van der Waals surface area contributed by atoms with Crippen LogP contribution in [0.4, 0.5) is 5.69 Å². The molecule has 1 heterocycles. The van der Waals surface area contributed by atoms with Crippen LogP contribution < -0.4 is 10.1 Å². The average molecular weight is 525 g/mol. The molecule has 7 heteroatoms. The van der Waals surface area contributed by atoms with Gasteiger partial charge in [-0.2, -0.15) is 0 Å². The van der Waals surface area contributed by atoms with Crippen LogP contribution in [0.2, 0.25) is 0 Å². The van der Waals surface area contributed by atoms with Crippen LogP contribution >= 0.6 is 0 Å². The minimum absolute atomic E-state index is 0.252. The van der Waals surface area contributed by atoms with Gasteiger partial charge in [-0.1, -0.05) is 41.8 Å². The number of hydrogen-bond donors (Lipinski definition) is 1. The van der Waals surface area contributed by atoms with Gasteiger partial charge in [0.25, 0.3) is 19.0 Å². The fourth-order valence-corrected chi connectivity index (χ4v) is 3.94. The van der Waals surface area contributed by atoms with E-state index in [9.17, 15) is 9.59 Å². The predicted octanol–water partition coefficient (Wildman–Crippen LogP) is 6.61. The zero-order chi connectivity index (χ0) is 28.4. The van der Waals surface area contributed by atoms with Crippen molar-refractivity contribution in [2.75, 3.05) is 26.1 Å². The van der Waals surface area contributed by atoms with Gasteiger partial charge in [-0.25, -0.2) is 4.79 Å². The fraction of sp³-hybridized carbons (Fsp3) is 0.219. The van der Waals surface area contributed by atoms with Gasteiger partial charge in [-0.3, -0.25) is 4.79 Å². The number of esters is 1. The maximum atomic E-state index is 13.2. The van der Waals surface area contributed by atoms with Gasteiger partial charge in [0.1, 0.15) is 18.8 Å². The number of amides is 1. The van der Waals surface area contributed by atoms with Crippen LogP contribution in [-0.2, 0) is 18.2 Å². The van der Waals surface area contributed by atoms with Crippen LogP contribution in [0.1, 0.15) is 38.9 Å². The van der Waals surface area contributed by atoms with E-state index in [1.807, 2.05) is 68.0 Å². The molecule has 1 aromatic heterocycles. The fourth-order valence-electron chi connectivity index (χ4n) is 3.94. The first-order valence-electron chi connectivity index (χ1n) is 12.5. The molecule has 0 fully saturated rings. The highest BCUT2D eigenvalue weighted by Crippen LogP contribution is 2.30. The smallest absolute Gasteiger partial charge is 0.338 e. The lowest BCUT2D eigenvalue weighted by Crippen LogP contribution is -2.12. The van der Waals surface area contributed by atoms with E-state index >= 15 is 0 Å². The largest absolute Gasteiger partial charge is 0.489 e. The number of aromatic nitrogens is 1. The average Bonchev–Trinajstić information content (AvgIpc) is 3.24. The summed E-state index contributed by atoms with van der Waals surface area (Å²) in [6, 6.07) is 17.4. The predicted molar refractivity (Wildman–Crippen MR) is 157 cm³/mol. The topological polar surface area (TPSA) is 73.9 Å². The standard InChI is InChI=1S/C32H33N3O4/c1-7-8-9-10-22(2)21-39-26-14-12-25(13-15-26)34-31(36)28-20-30(35(5)23(28)3)29-19-24(17-18-33-4)11-16-27(29)32(37)38-6/h7-16,19-20H,1,17,21H2,2-6H3/p+1/b9-8-,22-10+. The Morgan fingerprint density at radius 1 is 1.10 bits per heavy atom. The molecule has 1 amide bonds. The molecule has 0 radical (unpaired) electrons. The summed E-state index contributed by atoms with van der Waals surface area (Å²) in [5, 5.41) is 2.95. The van der Waals surface area contributed by atoms with Crippen LogP contribution in [0.5, 0.6) is 5.75 Å². The monoisotopic (exact) mass is 524 g/mol. The van der Waals surface area contributed by atoms with Crippen molar-refractivity contribution in [1.29, 1.82) is 0 Å². The Morgan fingerprint density at radius 3 is 2.51 bits per heavy atom. The molecule has 7 nitrogen and oxygen atoms in total. The van der Waals surface area contributed by atoms with Gasteiger partial charge >= 0.3 is 5.97 Å². The number of nitrogens with one attached hydrogen (secondary N) is 1. The van der Waals surface area contributed by atoms with Crippen molar-refractivity contribution < 1.29 is 19.1 Å².